The van der Waals surface area contributed by atoms with Gasteiger partial charge in [0, 0.05) is 36.0 Å². The molecule has 1 N–H and O–H groups in total. The van der Waals surface area contributed by atoms with Crippen LogP contribution in [0.5, 0.6) is 0 Å². The molecule has 0 spiro atoms. The number of carbonyl (C=O) groups is 2. The number of nitrogens with one attached hydrogen (secondary N) is 1. The summed E-state index contributed by atoms with van der Waals surface area (Å²) in [5.74, 6) is -0.0883. The molecule has 1 unspecified atom stereocenters. The van der Waals surface area contributed by atoms with Crippen molar-refractivity contribution in [3.63, 3.8) is 0 Å². The van der Waals surface area contributed by atoms with Crippen molar-refractivity contribution in [2.45, 2.75) is 32.2 Å². The van der Waals surface area contributed by atoms with E-state index in [1.807, 2.05) is 31.3 Å². The molecule has 1 saturated heterocycles. The Labute approximate surface area is 111 Å². The van der Waals surface area contributed by atoms with Gasteiger partial charge in [0.1, 0.15) is 0 Å². The van der Waals surface area contributed by atoms with Gasteiger partial charge in [0.15, 0.2) is 0 Å². The third-order valence-corrected chi connectivity index (χ3v) is 3.72. The first-order valence-electron chi connectivity index (χ1n) is 6.56. The lowest BCUT2D eigenvalue weighted by atomic mass is 10.1. The number of likely N-dealkylation sites (tertiary alicyclic amines) is 1. The number of amides is 2. The predicted octanol–water partition coefficient (Wildman–Crippen LogP) is 2.25. The predicted molar refractivity (Wildman–Crippen MR) is 72.6 cm³/mol. The highest BCUT2D eigenvalue weighted by molar-refractivity contribution is 6.02. The fourth-order valence-corrected chi connectivity index (χ4v) is 2.80. The van der Waals surface area contributed by atoms with Gasteiger partial charge in [-0.2, -0.15) is 0 Å². The zero-order valence-corrected chi connectivity index (χ0v) is 10.8. The number of hydrogen-bond acceptors (Lipinski definition) is 2. The molecule has 98 valence electrons. The van der Waals surface area contributed by atoms with Crippen LogP contribution in [0.15, 0.2) is 30.5 Å². The maximum atomic E-state index is 11.7. The first kappa shape index (κ1) is 12.0. The SMILES string of the molecule is CC(Cc1c[nH]c2ccccc12)N1C(=O)CCC1=O. The summed E-state index contributed by atoms with van der Waals surface area (Å²) in [6, 6.07) is 7.98. The van der Waals surface area contributed by atoms with E-state index in [9.17, 15) is 9.59 Å². The number of benzene rings is 1. The summed E-state index contributed by atoms with van der Waals surface area (Å²) in [7, 11) is 0. The Balaban J connectivity index is 1.85. The number of carbonyl (C=O) groups excluding carboxylic acids is 2. The summed E-state index contributed by atoms with van der Waals surface area (Å²) in [4.78, 5) is 28.1. The van der Waals surface area contributed by atoms with Crippen LogP contribution in [0.25, 0.3) is 10.9 Å². The van der Waals surface area contributed by atoms with Crippen LogP contribution in [0.2, 0.25) is 0 Å². The molecular weight excluding hydrogens is 240 g/mol. The minimum absolute atomic E-state index is 0.0441. The van der Waals surface area contributed by atoms with Gasteiger partial charge in [0.25, 0.3) is 0 Å². The van der Waals surface area contributed by atoms with Crippen molar-refractivity contribution in [2.24, 2.45) is 0 Å². The quantitative estimate of drug-likeness (QED) is 0.856. The van der Waals surface area contributed by atoms with Crippen molar-refractivity contribution >= 4 is 22.7 Å². The normalized spacial score (nSPS) is 17.4. The van der Waals surface area contributed by atoms with Crippen molar-refractivity contribution in [1.29, 1.82) is 0 Å². The van der Waals surface area contributed by atoms with Crippen LogP contribution >= 0.6 is 0 Å². The Morgan fingerprint density at radius 2 is 1.89 bits per heavy atom. The minimum Gasteiger partial charge on any atom is -0.361 e. The summed E-state index contributed by atoms with van der Waals surface area (Å²) >= 11 is 0. The molecule has 2 aromatic rings. The number of imide groups is 1. The van der Waals surface area contributed by atoms with Crippen molar-refractivity contribution in [3.05, 3.63) is 36.0 Å². The van der Waals surface area contributed by atoms with Crippen molar-refractivity contribution in [1.82, 2.24) is 9.88 Å². The number of H-pyrrole nitrogens is 1. The van der Waals surface area contributed by atoms with Gasteiger partial charge in [-0.25, -0.2) is 0 Å². The van der Waals surface area contributed by atoms with E-state index in [1.54, 1.807) is 0 Å². The number of aromatic amines is 1. The Morgan fingerprint density at radius 1 is 1.21 bits per heavy atom. The zero-order valence-electron chi connectivity index (χ0n) is 10.8. The Hall–Kier alpha value is -2.10. The van der Waals surface area contributed by atoms with E-state index < -0.39 is 0 Å². The minimum atomic E-state index is -0.0818. The lowest BCUT2D eigenvalue weighted by Gasteiger charge is -2.22. The molecule has 1 aromatic carbocycles. The Morgan fingerprint density at radius 3 is 2.63 bits per heavy atom. The molecule has 2 heterocycles. The second-order valence-electron chi connectivity index (χ2n) is 5.07. The van der Waals surface area contributed by atoms with E-state index in [0.29, 0.717) is 19.3 Å². The van der Waals surface area contributed by atoms with Gasteiger partial charge in [-0.15, -0.1) is 0 Å². The molecule has 3 rings (SSSR count). The molecule has 4 heteroatoms. The van der Waals surface area contributed by atoms with E-state index in [2.05, 4.69) is 11.1 Å². The topological polar surface area (TPSA) is 53.2 Å². The number of rotatable bonds is 3. The first-order valence-corrected chi connectivity index (χ1v) is 6.56. The molecule has 0 bridgehead atoms. The molecule has 0 radical (unpaired) electrons. The highest BCUT2D eigenvalue weighted by Crippen LogP contribution is 2.23. The van der Waals surface area contributed by atoms with Crippen molar-refractivity contribution in [2.75, 3.05) is 0 Å². The largest absolute Gasteiger partial charge is 0.361 e. The fourth-order valence-electron chi connectivity index (χ4n) is 2.80. The maximum Gasteiger partial charge on any atom is 0.229 e. The van der Waals surface area contributed by atoms with Crippen molar-refractivity contribution < 1.29 is 9.59 Å². The van der Waals surface area contributed by atoms with Gasteiger partial charge < -0.3 is 4.98 Å². The highest BCUT2D eigenvalue weighted by atomic mass is 16.2. The van der Waals surface area contributed by atoms with Crippen LogP contribution in [-0.4, -0.2) is 27.7 Å². The Kier molecular flexibility index (Phi) is 2.85. The third-order valence-electron chi connectivity index (χ3n) is 3.72. The molecule has 0 aliphatic carbocycles. The second kappa shape index (κ2) is 4.53. The first-order chi connectivity index (χ1) is 9.16. The van der Waals surface area contributed by atoms with Gasteiger partial charge >= 0.3 is 0 Å². The summed E-state index contributed by atoms with van der Waals surface area (Å²) in [6.45, 7) is 1.93. The van der Waals surface area contributed by atoms with Crippen LogP contribution < -0.4 is 0 Å². The maximum absolute atomic E-state index is 11.7. The van der Waals surface area contributed by atoms with Crippen LogP contribution in [0, 0.1) is 0 Å². The van der Waals surface area contributed by atoms with E-state index in [4.69, 9.17) is 0 Å². The summed E-state index contributed by atoms with van der Waals surface area (Å²) in [5.41, 5.74) is 2.24. The van der Waals surface area contributed by atoms with Gasteiger partial charge in [0.2, 0.25) is 11.8 Å². The number of aromatic nitrogens is 1. The van der Waals surface area contributed by atoms with Gasteiger partial charge in [-0.3, -0.25) is 14.5 Å². The number of fused-ring (bicyclic) bond motifs is 1. The molecule has 2 amide bonds. The molecule has 1 aromatic heterocycles. The number of para-hydroxylation sites is 1. The molecular formula is C15H16N2O2. The molecule has 19 heavy (non-hydrogen) atoms. The molecule has 1 atom stereocenters. The van der Waals surface area contributed by atoms with Crippen LogP contribution in [0.1, 0.15) is 25.3 Å². The number of nitrogens with zero attached hydrogens (tertiary/aromatic N) is 1. The summed E-state index contributed by atoms with van der Waals surface area (Å²) in [6.07, 6.45) is 3.38. The van der Waals surface area contributed by atoms with E-state index in [-0.39, 0.29) is 17.9 Å². The molecule has 4 nitrogen and oxygen atoms in total. The lowest BCUT2D eigenvalue weighted by Crippen LogP contribution is -2.38. The highest BCUT2D eigenvalue weighted by Gasteiger charge is 2.32. The summed E-state index contributed by atoms with van der Waals surface area (Å²) in [5, 5.41) is 1.16. The van der Waals surface area contributed by atoms with Gasteiger partial charge in [0.05, 0.1) is 0 Å². The van der Waals surface area contributed by atoms with E-state index in [1.165, 1.54) is 4.90 Å². The molecule has 1 aliphatic rings. The van der Waals surface area contributed by atoms with E-state index in [0.717, 1.165) is 16.5 Å². The standard InChI is InChI=1S/C15H16N2O2/c1-10(17-14(18)6-7-15(17)19)8-11-9-16-13-5-3-2-4-12(11)13/h2-5,9-10,16H,6-8H2,1H3. The van der Waals surface area contributed by atoms with Crippen molar-refractivity contribution in [3.8, 4) is 0 Å². The Bertz CT molecular complexity index is 628. The molecule has 0 saturated carbocycles. The zero-order chi connectivity index (χ0) is 13.4. The van der Waals surface area contributed by atoms with Crippen LogP contribution in [0.4, 0.5) is 0 Å². The van der Waals surface area contributed by atoms with Gasteiger partial charge in [-0.1, -0.05) is 18.2 Å². The molecule has 1 fully saturated rings. The average molecular weight is 256 g/mol. The monoisotopic (exact) mass is 256 g/mol. The summed E-state index contributed by atoms with van der Waals surface area (Å²) < 4.78 is 0. The average Bonchev–Trinajstić information content (AvgIpc) is 2.94. The number of hydrogen-bond donors (Lipinski definition) is 1. The fraction of sp³-hybridized carbons (Fsp3) is 0.333. The van der Waals surface area contributed by atoms with E-state index >= 15 is 0 Å². The molecule has 1 aliphatic heterocycles. The smallest absolute Gasteiger partial charge is 0.229 e. The van der Waals surface area contributed by atoms with Crippen LogP contribution in [0.3, 0.4) is 0 Å². The third kappa shape index (κ3) is 2.03. The van der Waals surface area contributed by atoms with Crippen LogP contribution in [-0.2, 0) is 16.0 Å². The van der Waals surface area contributed by atoms with Gasteiger partial charge in [-0.05, 0) is 25.0 Å². The lowest BCUT2D eigenvalue weighted by molar-refractivity contribution is -0.140. The second-order valence-corrected chi connectivity index (χ2v) is 5.07.